The molecule has 2 amide bonds. The van der Waals surface area contributed by atoms with E-state index in [4.69, 9.17) is 22.6 Å². The summed E-state index contributed by atoms with van der Waals surface area (Å²) in [6, 6.07) is -1.22. The fourth-order valence-electron chi connectivity index (χ4n) is 0.832. The Morgan fingerprint density at radius 1 is 1.50 bits per heavy atom. The van der Waals surface area contributed by atoms with Crippen LogP contribution in [0.15, 0.2) is 0 Å². The Labute approximate surface area is 85.7 Å². The molecule has 0 bridgehead atoms. The summed E-state index contributed by atoms with van der Waals surface area (Å²) in [5.41, 5.74) is 4.84. The molecule has 80 valence electrons. The van der Waals surface area contributed by atoms with Gasteiger partial charge in [0.2, 0.25) is 11.8 Å². The maximum Gasteiger partial charge on any atom is 0.327 e. The first-order valence-corrected chi connectivity index (χ1v) is 4.16. The van der Waals surface area contributed by atoms with Gasteiger partial charge in [0.1, 0.15) is 6.04 Å². The molecule has 0 aromatic carbocycles. The number of nitrogens with two attached hydrogens (primary N) is 1. The second kappa shape index (κ2) is 5.43. The molecule has 1 atom stereocenters. The van der Waals surface area contributed by atoms with Gasteiger partial charge in [-0.2, -0.15) is 0 Å². The molecule has 0 saturated heterocycles. The number of aliphatic carboxylic acids is 1. The number of halogens is 1. The van der Waals surface area contributed by atoms with Crippen LogP contribution in [0.5, 0.6) is 0 Å². The highest BCUT2D eigenvalue weighted by Gasteiger charge is 2.26. The predicted octanol–water partition coefficient (Wildman–Crippen LogP) is -0.293. The molecule has 0 radical (unpaired) electrons. The first-order chi connectivity index (χ1) is 6.36. The smallest absolute Gasteiger partial charge is 0.327 e. The molecular formula is C7H11ClN2O4. The van der Waals surface area contributed by atoms with Crippen molar-refractivity contribution in [2.75, 3.05) is 0 Å². The van der Waals surface area contributed by atoms with Gasteiger partial charge in [-0.05, 0) is 6.42 Å². The number of nitrogens with zero attached hydrogens (tertiary/aromatic N) is 1. The van der Waals surface area contributed by atoms with E-state index in [1.165, 1.54) is 0 Å². The first kappa shape index (κ1) is 12.7. The molecule has 0 aliphatic carbocycles. The number of rotatable bonds is 5. The van der Waals surface area contributed by atoms with Crippen molar-refractivity contribution in [1.29, 1.82) is 0 Å². The monoisotopic (exact) mass is 222 g/mol. The van der Waals surface area contributed by atoms with E-state index in [0.29, 0.717) is 4.42 Å². The number of hydrogen-bond donors (Lipinski definition) is 2. The molecule has 0 saturated carbocycles. The van der Waals surface area contributed by atoms with Gasteiger partial charge in [0, 0.05) is 25.1 Å². The largest absolute Gasteiger partial charge is 0.480 e. The van der Waals surface area contributed by atoms with Crippen LogP contribution in [0, 0.1) is 0 Å². The van der Waals surface area contributed by atoms with Crippen molar-refractivity contribution in [2.24, 2.45) is 5.73 Å². The van der Waals surface area contributed by atoms with E-state index in [1.807, 2.05) is 0 Å². The molecule has 0 fully saturated rings. The highest BCUT2D eigenvalue weighted by molar-refractivity contribution is 6.22. The lowest BCUT2D eigenvalue weighted by atomic mass is 10.1. The maximum atomic E-state index is 10.7. The molecule has 0 aliphatic heterocycles. The van der Waals surface area contributed by atoms with Gasteiger partial charge in [0.05, 0.1) is 0 Å². The highest BCUT2D eigenvalue weighted by Crippen LogP contribution is 2.10. The van der Waals surface area contributed by atoms with Gasteiger partial charge in [0.25, 0.3) is 0 Å². The zero-order chi connectivity index (χ0) is 11.3. The summed E-state index contributed by atoms with van der Waals surface area (Å²) in [5, 5.41) is 8.67. The molecule has 3 N–H and O–H groups in total. The molecule has 0 heterocycles. The normalized spacial score (nSPS) is 11.9. The van der Waals surface area contributed by atoms with Crippen LogP contribution >= 0.6 is 11.8 Å². The molecule has 0 rings (SSSR count). The Morgan fingerprint density at radius 2 is 2.00 bits per heavy atom. The number of carbonyl (C=O) groups is 3. The van der Waals surface area contributed by atoms with Crippen LogP contribution in [0.4, 0.5) is 0 Å². The van der Waals surface area contributed by atoms with Gasteiger partial charge >= 0.3 is 5.97 Å². The van der Waals surface area contributed by atoms with E-state index >= 15 is 0 Å². The van der Waals surface area contributed by atoms with Gasteiger partial charge in [-0.3, -0.25) is 9.59 Å². The molecule has 0 aromatic heterocycles. The topological polar surface area (TPSA) is 101 Å². The van der Waals surface area contributed by atoms with Gasteiger partial charge in [-0.25, -0.2) is 9.21 Å². The number of carbonyl (C=O) groups excluding carboxylic acids is 2. The average Bonchev–Trinajstić information content (AvgIpc) is 2.02. The van der Waals surface area contributed by atoms with Gasteiger partial charge in [-0.1, -0.05) is 0 Å². The van der Waals surface area contributed by atoms with Crippen molar-refractivity contribution >= 4 is 29.6 Å². The summed E-state index contributed by atoms with van der Waals surface area (Å²) >= 11 is 5.41. The summed E-state index contributed by atoms with van der Waals surface area (Å²) in [4.78, 5) is 31.8. The van der Waals surface area contributed by atoms with Crippen LogP contribution in [0.2, 0.25) is 0 Å². The zero-order valence-corrected chi connectivity index (χ0v) is 8.32. The van der Waals surface area contributed by atoms with Crippen LogP contribution in [-0.2, 0) is 14.4 Å². The van der Waals surface area contributed by atoms with Crippen LogP contribution in [-0.4, -0.2) is 33.4 Å². The number of carboxylic acids is 1. The maximum absolute atomic E-state index is 10.7. The van der Waals surface area contributed by atoms with Crippen molar-refractivity contribution in [1.82, 2.24) is 4.42 Å². The number of hydrogen-bond acceptors (Lipinski definition) is 3. The molecule has 0 aliphatic rings. The minimum Gasteiger partial charge on any atom is -0.480 e. The Morgan fingerprint density at radius 3 is 2.29 bits per heavy atom. The van der Waals surface area contributed by atoms with Crippen molar-refractivity contribution in [2.45, 2.75) is 25.8 Å². The zero-order valence-electron chi connectivity index (χ0n) is 7.57. The third kappa shape index (κ3) is 4.08. The van der Waals surface area contributed by atoms with E-state index in [-0.39, 0.29) is 12.8 Å². The Kier molecular flexibility index (Phi) is 4.93. The lowest BCUT2D eigenvalue weighted by Gasteiger charge is -2.19. The number of primary amides is 1. The van der Waals surface area contributed by atoms with Gasteiger partial charge in [-0.15, -0.1) is 0 Å². The molecule has 7 heteroatoms. The first-order valence-electron chi connectivity index (χ1n) is 3.83. The van der Waals surface area contributed by atoms with Crippen LogP contribution in [0.1, 0.15) is 19.8 Å². The molecule has 6 nitrogen and oxygen atoms in total. The SMILES string of the molecule is CC(=O)N(Cl)C(CCC(N)=O)C(=O)O. The molecular weight excluding hydrogens is 212 g/mol. The third-order valence-corrected chi connectivity index (χ3v) is 2.00. The molecule has 0 spiro atoms. The Bertz CT molecular complexity index is 256. The number of amides is 2. The summed E-state index contributed by atoms with van der Waals surface area (Å²) in [6.45, 7) is 1.13. The van der Waals surface area contributed by atoms with Gasteiger partial charge < -0.3 is 10.8 Å². The Hall–Kier alpha value is -1.30. The van der Waals surface area contributed by atoms with E-state index in [1.54, 1.807) is 0 Å². The van der Waals surface area contributed by atoms with Crippen molar-refractivity contribution < 1.29 is 19.5 Å². The van der Waals surface area contributed by atoms with Crippen molar-refractivity contribution in [3.63, 3.8) is 0 Å². The average molecular weight is 223 g/mol. The quantitative estimate of drug-likeness (QED) is 0.624. The van der Waals surface area contributed by atoms with E-state index in [2.05, 4.69) is 0 Å². The van der Waals surface area contributed by atoms with Crippen molar-refractivity contribution in [3.05, 3.63) is 0 Å². The molecule has 0 aromatic rings. The summed E-state index contributed by atoms with van der Waals surface area (Å²) in [5.74, 6) is -2.50. The second-order valence-electron chi connectivity index (χ2n) is 2.69. The standard InChI is InChI=1S/C7H11ClN2O4/c1-4(11)10(8)5(7(13)14)2-3-6(9)12/h5H,2-3H2,1H3,(H2,9,12)(H,13,14). The highest BCUT2D eigenvalue weighted by atomic mass is 35.5. The molecule has 14 heavy (non-hydrogen) atoms. The van der Waals surface area contributed by atoms with Crippen molar-refractivity contribution in [3.8, 4) is 0 Å². The molecule has 1 unspecified atom stereocenters. The fraction of sp³-hybridized carbons (Fsp3) is 0.571. The number of carboxylic acid groups (broad SMARTS) is 1. The fourth-order valence-corrected chi connectivity index (χ4v) is 1.01. The summed E-state index contributed by atoms with van der Waals surface area (Å²) in [6.07, 6.45) is -0.221. The third-order valence-electron chi connectivity index (χ3n) is 1.52. The van der Waals surface area contributed by atoms with Crippen LogP contribution in [0.25, 0.3) is 0 Å². The van der Waals surface area contributed by atoms with E-state index < -0.39 is 23.8 Å². The lowest BCUT2D eigenvalue weighted by molar-refractivity contribution is -0.145. The predicted molar refractivity (Wildman–Crippen MR) is 48.2 cm³/mol. The minimum absolute atomic E-state index is 0.0895. The summed E-state index contributed by atoms with van der Waals surface area (Å²) < 4.78 is 0.547. The van der Waals surface area contributed by atoms with Gasteiger partial charge in [0.15, 0.2) is 0 Å². The lowest BCUT2D eigenvalue weighted by Crippen LogP contribution is -2.38. The van der Waals surface area contributed by atoms with E-state index in [9.17, 15) is 14.4 Å². The second-order valence-corrected chi connectivity index (χ2v) is 3.05. The summed E-state index contributed by atoms with van der Waals surface area (Å²) in [7, 11) is 0. The van der Waals surface area contributed by atoms with Crippen LogP contribution < -0.4 is 5.73 Å². The Balaban J connectivity index is 4.37. The van der Waals surface area contributed by atoms with Crippen LogP contribution in [0.3, 0.4) is 0 Å². The minimum atomic E-state index is -1.27. The van der Waals surface area contributed by atoms with E-state index in [0.717, 1.165) is 6.92 Å².